The summed E-state index contributed by atoms with van der Waals surface area (Å²) in [5.41, 5.74) is -0.401. The van der Waals surface area contributed by atoms with Gasteiger partial charge in [0.25, 0.3) is 5.91 Å². The van der Waals surface area contributed by atoms with Gasteiger partial charge in [-0.2, -0.15) is 0 Å². The second-order valence-corrected chi connectivity index (χ2v) is 9.23. The van der Waals surface area contributed by atoms with E-state index >= 15 is 0 Å². The van der Waals surface area contributed by atoms with Crippen LogP contribution >= 0.6 is 22.9 Å². The molecule has 0 radical (unpaired) electrons. The average molecular weight is 429 g/mol. The first-order chi connectivity index (χ1) is 12.7. The summed E-state index contributed by atoms with van der Waals surface area (Å²) >= 11 is 7.32. The minimum atomic E-state index is -3.44. The molecule has 2 aromatic heterocycles. The fourth-order valence-corrected chi connectivity index (χ4v) is 4.89. The third-order valence-electron chi connectivity index (χ3n) is 3.87. The number of thiophene rings is 1. The number of amides is 1. The molecular weight excluding hydrogens is 416 g/mol. The lowest BCUT2D eigenvalue weighted by Crippen LogP contribution is -2.30. The van der Waals surface area contributed by atoms with E-state index in [4.69, 9.17) is 16.7 Å². The molecular formula is C16H13ClN2O6S2. The van der Waals surface area contributed by atoms with E-state index in [0.29, 0.717) is 15.5 Å². The summed E-state index contributed by atoms with van der Waals surface area (Å²) < 4.78 is 25.2. The highest BCUT2D eigenvalue weighted by Crippen LogP contribution is 2.43. The molecule has 142 valence electrons. The summed E-state index contributed by atoms with van der Waals surface area (Å²) in [5.74, 6) is -2.64. The van der Waals surface area contributed by atoms with E-state index in [2.05, 4.69) is 10.3 Å². The Morgan fingerprint density at radius 1 is 1.33 bits per heavy atom. The van der Waals surface area contributed by atoms with E-state index in [0.717, 1.165) is 11.3 Å². The fourth-order valence-electron chi connectivity index (χ4n) is 2.52. The number of halogens is 1. The van der Waals surface area contributed by atoms with Crippen LogP contribution in [-0.4, -0.2) is 47.8 Å². The summed E-state index contributed by atoms with van der Waals surface area (Å²) in [7, 11) is -3.44. The molecule has 3 rings (SSSR count). The lowest BCUT2D eigenvalue weighted by atomic mass is 10.1. The number of sulfone groups is 1. The molecule has 3 aromatic rings. The van der Waals surface area contributed by atoms with Gasteiger partial charge in [-0.1, -0.05) is 18.5 Å². The van der Waals surface area contributed by atoms with Crippen molar-refractivity contribution in [1.82, 2.24) is 10.3 Å². The molecule has 0 aliphatic carbocycles. The van der Waals surface area contributed by atoms with Gasteiger partial charge < -0.3 is 15.5 Å². The zero-order chi connectivity index (χ0) is 19.9. The van der Waals surface area contributed by atoms with Crippen molar-refractivity contribution >= 4 is 64.8 Å². The summed E-state index contributed by atoms with van der Waals surface area (Å²) in [6.45, 7) is 0.897. The number of aromatic hydroxyl groups is 1. The lowest BCUT2D eigenvalue weighted by molar-refractivity contribution is -0.135. The van der Waals surface area contributed by atoms with Gasteiger partial charge in [0.05, 0.1) is 15.3 Å². The van der Waals surface area contributed by atoms with Crippen LogP contribution < -0.4 is 5.32 Å². The van der Waals surface area contributed by atoms with Gasteiger partial charge >= 0.3 is 5.97 Å². The molecule has 27 heavy (non-hydrogen) atoms. The van der Waals surface area contributed by atoms with Crippen LogP contribution in [0.25, 0.3) is 20.2 Å². The van der Waals surface area contributed by atoms with Crippen molar-refractivity contribution in [1.29, 1.82) is 0 Å². The number of pyridine rings is 1. The Morgan fingerprint density at radius 3 is 2.67 bits per heavy atom. The predicted octanol–water partition coefficient (Wildman–Crippen LogP) is 2.42. The molecule has 0 spiro atoms. The van der Waals surface area contributed by atoms with E-state index in [1.165, 1.54) is 19.1 Å². The molecule has 0 bridgehead atoms. The number of carboxylic acids is 1. The Balaban J connectivity index is 2.22. The Kier molecular flexibility index (Phi) is 4.98. The molecule has 0 aliphatic rings. The molecule has 11 heteroatoms. The molecule has 3 N–H and O–H groups in total. The second kappa shape index (κ2) is 6.95. The van der Waals surface area contributed by atoms with Gasteiger partial charge in [0.1, 0.15) is 11.7 Å². The van der Waals surface area contributed by atoms with Crippen molar-refractivity contribution in [2.75, 3.05) is 12.3 Å². The number of fused-ring (bicyclic) bond motifs is 3. The Labute approximate surface area is 162 Å². The number of rotatable bonds is 5. The number of carbonyl (C=O) groups excluding carboxylic acids is 1. The molecule has 0 fully saturated rings. The SMILES string of the molecule is CCS(=O)(=O)c1ccc2sc3c(O)c(C(=O)NCC(=O)O)nc(Cl)c3c2c1. The average Bonchev–Trinajstić information content (AvgIpc) is 3.02. The number of carboxylic acid groups (broad SMARTS) is 1. The van der Waals surface area contributed by atoms with Crippen molar-refractivity contribution in [2.24, 2.45) is 0 Å². The summed E-state index contributed by atoms with van der Waals surface area (Å²) in [6, 6.07) is 4.53. The van der Waals surface area contributed by atoms with Crippen molar-refractivity contribution in [2.45, 2.75) is 11.8 Å². The van der Waals surface area contributed by atoms with E-state index in [1.807, 2.05) is 0 Å². The minimum absolute atomic E-state index is 0.0638. The number of hydrogen-bond donors (Lipinski definition) is 3. The van der Waals surface area contributed by atoms with Crippen LogP contribution in [0, 0.1) is 0 Å². The number of aromatic nitrogens is 1. The second-order valence-electron chi connectivity index (χ2n) is 5.54. The van der Waals surface area contributed by atoms with Gasteiger partial charge in [0, 0.05) is 15.5 Å². The van der Waals surface area contributed by atoms with Gasteiger partial charge in [-0.3, -0.25) is 9.59 Å². The fraction of sp³-hybridized carbons (Fsp3) is 0.188. The van der Waals surface area contributed by atoms with Gasteiger partial charge in [0.15, 0.2) is 21.3 Å². The first-order valence-electron chi connectivity index (χ1n) is 7.63. The number of nitrogens with one attached hydrogen (secondary N) is 1. The molecule has 2 heterocycles. The normalized spacial score (nSPS) is 11.8. The van der Waals surface area contributed by atoms with Crippen LogP contribution in [-0.2, 0) is 14.6 Å². The number of hydrogen-bond acceptors (Lipinski definition) is 7. The van der Waals surface area contributed by atoms with Crippen LogP contribution in [0.1, 0.15) is 17.4 Å². The number of benzene rings is 1. The van der Waals surface area contributed by atoms with Crippen LogP contribution in [0.3, 0.4) is 0 Å². The molecule has 0 atom stereocenters. The Hall–Kier alpha value is -2.43. The monoisotopic (exact) mass is 428 g/mol. The predicted molar refractivity (Wildman–Crippen MR) is 101 cm³/mol. The van der Waals surface area contributed by atoms with Crippen molar-refractivity contribution in [3.05, 3.63) is 29.0 Å². The number of nitrogens with zero attached hydrogens (tertiary/aromatic N) is 1. The molecule has 0 saturated carbocycles. The topological polar surface area (TPSA) is 134 Å². The first-order valence-corrected chi connectivity index (χ1v) is 10.5. The van der Waals surface area contributed by atoms with E-state index in [1.54, 1.807) is 6.07 Å². The van der Waals surface area contributed by atoms with Crippen LogP contribution in [0.15, 0.2) is 23.1 Å². The van der Waals surface area contributed by atoms with Crippen LogP contribution in [0.5, 0.6) is 5.75 Å². The highest BCUT2D eigenvalue weighted by atomic mass is 35.5. The lowest BCUT2D eigenvalue weighted by Gasteiger charge is -2.06. The number of aliphatic carboxylic acids is 1. The Bertz CT molecular complexity index is 1200. The van der Waals surface area contributed by atoms with Crippen molar-refractivity contribution in [3.63, 3.8) is 0 Å². The van der Waals surface area contributed by atoms with Crippen molar-refractivity contribution < 1.29 is 28.2 Å². The summed E-state index contributed by atoms with van der Waals surface area (Å²) in [6.07, 6.45) is 0. The van der Waals surface area contributed by atoms with E-state index < -0.39 is 39.7 Å². The highest BCUT2D eigenvalue weighted by Gasteiger charge is 2.23. The molecule has 1 aromatic carbocycles. The smallest absolute Gasteiger partial charge is 0.322 e. The van der Waals surface area contributed by atoms with Crippen LogP contribution in [0.4, 0.5) is 0 Å². The Morgan fingerprint density at radius 2 is 2.04 bits per heavy atom. The van der Waals surface area contributed by atoms with E-state index in [-0.39, 0.29) is 20.5 Å². The molecule has 0 aliphatic heterocycles. The third-order valence-corrected chi connectivity index (χ3v) is 7.05. The first kappa shape index (κ1) is 19.3. The zero-order valence-electron chi connectivity index (χ0n) is 13.8. The third kappa shape index (κ3) is 3.43. The molecule has 0 unspecified atom stereocenters. The number of carbonyl (C=O) groups is 2. The van der Waals surface area contributed by atoms with Crippen molar-refractivity contribution in [3.8, 4) is 5.75 Å². The van der Waals surface area contributed by atoms with Gasteiger partial charge in [0.2, 0.25) is 0 Å². The molecule has 1 amide bonds. The quantitative estimate of drug-likeness (QED) is 0.531. The maximum atomic E-state index is 12.1. The molecule has 8 nitrogen and oxygen atoms in total. The van der Waals surface area contributed by atoms with Gasteiger partial charge in [-0.25, -0.2) is 13.4 Å². The maximum Gasteiger partial charge on any atom is 0.322 e. The van der Waals surface area contributed by atoms with E-state index in [9.17, 15) is 23.1 Å². The zero-order valence-corrected chi connectivity index (χ0v) is 16.2. The summed E-state index contributed by atoms with van der Waals surface area (Å²) in [5, 5.41) is 21.9. The van der Waals surface area contributed by atoms with Gasteiger partial charge in [-0.15, -0.1) is 11.3 Å². The maximum absolute atomic E-state index is 12.1. The minimum Gasteiger partial charge on any atom is -0.504 e. The largest absolute Gasteiger partial charge is 0.504 e. The molecule has 0 saturated heterocycles. The highest BCUT2D eigenvalue weighted by molar-refractivity contribution is 7.91. The summed E-state index contributed by atoms with van der Waals surface area (Å²) in [4.78, 5) is 26.7. The standard InChI is InChI=1S/C16H13ClN2O6S2/c1-2-27(24,25)7-3-4-9-8(5-7)11-14(26-9)13(22)12(19-15(11)17)16(23)18-6-10(20)21/h3-5,22H,2,6H2,1H3,(H,18,23)(H,20,21). The van der Waals surface area contributed by atoms with Gasteiger partial charge in [-0.05, 0) is 18.2 Å². The van der Waals surface area contributed by atoms with Crippen LogP contribution in [0.2, 0.25) is 5.15 Å².